The van der Waals surface area contributed by atoms with Gasteiger partial charge in [-0.05, 0) is 37.6 Å². The summed E-state index contributed by atoms with van der Waals surface area (Å²) < 4.78 is 12.5. The molecule has 0 fully saturated rings. The molecule has 142 valence electrons. The van der Waals surface area contributed by atoms with Crippen LogP contribution in [-0.4, -0.2) is 28.7 Å². The molecule has 1 amide bonds. The fourth-order valence-corrected chi connectivity index (χ4v) is 3.07. The van der Waals surface area contributed by atoms with Gasteiger partial charge in [0.05, 0.1) is 18.5 Å². The van der Waals surface area contributed by atoms with E-state index in [9.17, 15) is 4.79 Å². The molecule has 0 atom stereocenters. The van der Waals surface area contributed by atoms with Crippen molar-refractivity contribution in [2.45, 2.75) is 20.4 Å². The largest absolute Gasteiger partial charge is 0.454 e. The van der Waals surface area contributed by atoms with E-state index in [1.54, 1.807) is 24.4 Å². The predicted octanol–water partition coefficient (Wildman–Crippen LogP) is 3.04. The summed E-state index contributed by atoms with van der Waals surface area (Å²) in [5.41, 5.74) is 6.91. The summed E-state index contributed by atoms with van der Waals surface area (Å²) in [7, 11) is 0. The van der Waals surface area contributed by atoms with Crippen LogP contribution in [0, 0.1) is 13.8 Å². The van der Waals surface area contributed by atoms with Crippen molar-refractivity contribution in [3.8, 4) is 11.5 Å². The minimum Gasteiger partial charge on any atom is -0.454 e. The van der Waals surface area contributed by atoms with Gasteiger partial charge in [0.25, 0.3) is 5.91 Å². The van der Waals surface area contributed by atoms with E-state index < -0.39 is 0 Å². The third-order valence-corrected chi connectivity index (χ3v) is 4.61. The van der Waals surface area contributed by atoms with E-state index in [-0.39, 0.29) is 12.7 Å². The number of hydrazone groups is 1. The van der Waals surface area contributed by atoms with Gasteiger partial charge in [-0.3, -0.25) is 9.48 Å². The Bertz CT molecular complexity index is 1040. The van der Waals surface area contributed by atoms with Gasteiger partial charge in [-0.1, -0.05) is 30.3 Å². The highest BCUT2D eigenvalue weighted by Gasteiger charge is 2.16. The van der Waals surface area contributed by atoms with Crippen molar-refractivity contribution in [3.63, 3.8) is 0 Å². The molecule has 2 heterocycles. The van der Waals surface area contributed by atoms with Crippen LogP contribution in [0.2, 0.25) is 0 Å². The summed E-state index contributed by atoms with van der Waals surface area (Å²) in [6.45, 7) is 4.77. The minimum atomic E-state index is -0.318. The normalized spacial score (nSPS) is 12.5. The molecule has 0 bridgehead atoms. The Morgan fingerprint density at radius 2 is 1.96 bits per heavy atom. The maximum atomic E-state index is 12.3. The number of amides is 1. The van der Waals surface area contributed by atoms with E-state index in [0.29, 0.717) is 23.6 Å². The number of hydrogen-bond acceptors (Lipinski definition) is 5. The number of carbonyl (C=O) groups is 1. The Morgan fingerprint density at radius 1 is 1.18 bits per heavy atom. The number of benzene rings is 2. The lowest BCUT2D eigenvalue weighted by atomic mass is 10.2. The number of hydrogen-bond donors (Lipinski definition) is 1. The van der Waals surface area contributed by atoms with Crippen molar-refractivity contribution in [1.82, 2.24) is 15.2 Å². The quantitative estimate of drug-likeness (QED) is 0.548. The SMILES string of the molecule is Cc1nn(Cc2ccccc2)c(C)c1/C=N\NC(=O)c1ccc2c(c1)OCO2. The second-order valence-corrected chi connectivity index (χ2v) is 6.49. The van der Waals surface area contributed by atoms with Gasteiger partial charge in [0.1, 0.15) is 0 Å². The molecule has 7 nitrogen and oxygen atoms in total. The van der Waals surface area contributed by atoms with Gasteiger partial charge in [0.2, 0.25) is 6.79 Å². The molecule has 2 aromatic carbocycles. The second-order valence-electron chi connectivity index (χ2n) is 6.49. The van der Waals surface area contributed by atoms with E-state index in [1.807, 2.05) is 36.7 Å². The van der Waals surface area contributed by atoms with Crippen LogP contribution in [0.25, 0.3) is 0 Å². The van der Waals surface area contributed by atoms with Crippen molar-refractivity contribution < 1.29 is 14.3 Å². The first-order valence-electron chi connectivity index (χ1n) is 8.93. The third kappa shape index (κ3) is 3.59. The molecule has 1 aliphatic rings. The highest BCUT2D eigenvalue weighted by Crippen LogP contribution is 2.32. The average Bonchev–Trinajstić information content (AvgIpc) is 3.28. The summed E-state index contributed by atoms with van der Waals surface area (Å²) in [6, 6.07) is 15.2. The fraction of sp³-hybridized carbons (Fsp3) is 0.190. The molecule has 0 aliphatic carbocycles. The number of aryl methyl sites for hydroxylation is 1. The Hall–Kier alpha value is -3.61. The molecular formula is C21H20N4O3. The van der Waals surface area contributed by atoms with E-state index >= 15 is 0 Å². The molecule has 1 aliphatic heterocycles. The average molecular weight is 376 g/mol. The Labute approximate surface area is 162 Å². The van der Waals surface area contributed by atoms with Gasteiger partial charge < -0.3 is 9.47 Å². The summed E-state index contributed by atoms with van der Waals surface area (Å²) in [6.07, 6.45) is 1.63. The molecule has 28 heavy (non-hydrogen) atoms. The standard InChI is InChI=1S/C21H20N4O3/c1-14-18(15(2)25(24-14)12-16-6-4-3-5-7-16)11-22-23-21(26)17-8-9-19-20(10-17)28-13-27-19/h3-11H,12-13H2,1-2H3,(H,23,26)/b22-11-. The van der Waals surface area contributed by atoms with Crippen LogP contribution < -0.4 is 14.9 Å². The van der Waals surface area contributed by atoms with Crippen molar-refractivity contribution in [2.75, 3.05) is 6.79 Å². The zero-order valence-electron chi connectivity index (χ0n) is 15.7. The van der Waals surface area contributed by atoms with Gasteiger partial charge in [-0.25, -0.2) is 5.43 Å². The van der Waals surface area contributed by atoms with Crippen LogP contribution in [0.5, 0.6) is 11.5 Å². The van der Waals surface area contributed by atoms with E-state index in [4.69, 9.17) is 9.47 Å². The molecule has 1 N–H and O–H groups in total. The topological polar surface area (TPSA) is 77.7 Å². The Morgan fingerprint density at radius 3 is 2.79 bits per heavy atom. The molecule has 7 heteroatoms. The molecular weight excluding hydrogens is 356 g/mol. The number of fused-ring (bicyclic) bond motifs is 1. The molecule has 0 saturated heterocycles. The lowest BCUT2D eigenvalue weighted by Crippen LogP contribution is -2.17. The smallest absolute Gasteiger partial charge is 0.271 e. The first kappa shape index (κ1) is 17.8. The van der Waals surface area contributed by atoms with Crippen LogP contribution >= 0.6 is 0 Å². The molecule has 1 aromatic heterocycles. The van der Waals surface area contributed by atoms with Crippen LogP contribution in [0.3, 0.4) is 0 Å². The van der Waals surface area contributed by atoms with Gasteiger partial charge in [0.15, 0.2) is 11.5 Å². The van der Waals surface area contributed by atoms with Gasteiger partial charge >= 0.3 is 0 Å². The Kier molecular flexibility index (Phi) is 4.80. The number of nitrogens with one attached hydrogen (secondary N) is 1. The van der Waals surface area contributed by atoms with Crippen LogP contribution in [0.4, 0.5) is 0 Å². The monoisotopic (exact) mass is 376 g/mol. The molecule has 0 saturated carbocycles. The van der Waals surface area contributed by atoms with E-state index in [2.05, 4.69) is 27.8 Å². The van der Waals surface area contributed by atoms with Crippen LogP contribution in [0.1, 0.15) is 32.9 Å². The second kappa shape index (κ2) is 7.56. The number of aromatic nitrogens is 2. The summed E-state index contributed by atoms with van der Waals surface area (Å²) >= 11 is 0. The summed E-state index contributed by atoms with van der Waals surface area (Å²) in [4.78, 5) is 12.3. The van der Waals surface area contributed by atoms with E-state index in [1.165, 1.54) is 5.56 Å². The van der Waals surface area contributed by atoms with Crippen molar-refractivity contribution in [3.05, 3.63) is 76.6 Å². The first-order valence-corrected chi connectivity index (χ1v) is 8.93. The number of ether oxygens (including phenoxy) is 2. The zero-order valence-corrected chi connectivity index (χ0v) is 15.7. The molecule has 0 unspecified atom stereocenters. The maximum Gasteiger partial charge on any atom is 0.271 e. The van der Waals surface area contributed by atoms with Gasteiger partial charge in [-0.2, -0.15) is 10.2 Å². The van der Waals surface area contributed by atoms with Crippen LogP contribution in [-0.2, 0) is 6.54 Å². The molecule has 0 spiro atoms. The van der Waals surface area contributed by atoms with Crippen molar-refractivity contribution in [2.24, 2.45) is 5.10 Å². The van der Waals surface area contributed by atoms with Gasteiger partial charge in [-0.15, -0.1) is 0 Å². The fourth-order valence-electron chi connectivity index (χ4n) is 3.07. The number of rotatable bonds is 5. The lowest BCUT2D eigenvalue weighted by Gasteiger charge is -2.04. The maximum absolute atomic E-state index is 12.3. The highest BCUT2D eigenvalue weighted by atomic mass is 16.7. The zero-order chi connectivity index (χ0) is 19.5. The van der Waals surface area contributed by atoms with E-state index in [0.717, 1.165) is 17.0 Å². The first-order chi connectivity index (χ1) is 13.6. The highest BCUT2D eigenvalue weighted by molar-refractivity contribution is 5.95. The third-order valence-electron chi connectivity index (χ3n) is 4.61. The predicted molar refractivity (Wildman–Crippen MR) is 105 cm³/mol. The Balaban J connectivity index is 1.45. The van der Waals surface area contributed by atoms with Crippen LogP contribution in [0.15, 0.2) is 53.6 Å². The summed E-state index contributed by atoms with van der Waals surface area (Å²) in [5.74, 6) is 0.879. The molecule has 4 rings (SSSR count). The minimum absolute atomic E-state index is 0.171. The molecule has 3 aromatic rings. The lowest BCUT2D eigenvalue weighted by molar-refractivity contribution is 0.0954. The number of nitrogens with zero attached hydrogens (tertiary/aromatic N) is 3. The summed E-state index contributed by atoms with van der Waals surface area (Å²) in [5, 5.41) is 8.69. The van der Waals surface area contributed by atoms with Gasteiger partial charge in [0, 0.05) is 16.8 Å². The van der Waals surface area contributed by atoms with Crippen molar-refractivity contribution in [1.29, 1.82) is 0 Å². The number of carbonyl (C=O) groups excluding carboxylic acids is 1. The van der Waals surface area contributed by atoms with Crippen molar-refractivity contribution >= 4 is 12.1 Å². The molecule has 0 radical (unpaired) electrons.